The Kier molecular flexibility index (Phi) is 3.71. The molecule has 1 N–H and O–H groups in total. The molecule has 0 saturated carbocycles. The minimum atomic E-state index is -0.861. The molecule has 78 valence electrons. The van der Waals surface area contributed by atoms with Gasteiger partial charge < -0.3 is 14.6 Å². The van der Waals surface area contributed by atoms with Crippen molar-refractivity contribution in [2.24, 2.45) is 0 Å². The van der Waals surface area contributed by atoms with E-state index >= 15 is 0 Å². The summed E-state index contributed by atoms with van der Waals surface area (Å²) in [5.74, 6) is -0.861. The highest BCUT2D eigenvalue weighted by Gasteiger charge is 2.07. The molecule has 0 unspecified atom stereocenters. The molecule has 0 aliphatic rings. The second-order valence-electron chi connectivity index (χ2n) is 3.55. The second kappa shape index (κ2) is 4.81. The summed E-state index contributed by atoms with van der Waals surface area (Å²) in [4.78, 5) is 12.8. The van der Waals surface area contributed by atoms with E-state index < -0.39 is 5.97 Å². The third-order valence-electron chi connectivity index (χ3n) is 2.05. The highest BCUT2D eigenvalue weighted by molar-refractivity contribution is 5.85. The molecule has 0 aromatic carbocycles. The van der Waals surface area contributed by atoms with Gasteiger partial charge in [0.1, 0.15) is 5.69 Å². The standard InChI is InChI=1S/C10H16N2O2/c1-11(2)6-4-8-12-7-3-5-9(12)10(13)14/h3,5,7H,4,6,8H2,1-2H3,(H,13,14). The molecule has 0 bridgehead atoms. The smallest absolute Gasteiger partial charge is 0.352 e. The van der Waals surface area contributed by atoms with Crippen molar-refractivity contribution in [3.8, 4) is 0 Å². The molecule has 1 aromatic heterocycles. The maximum Gasteiger partial charge on any atom is 0.352 e. The zero-order valence-electron chi connectivity index (χ0n) is 8.60. The fraction of sp³-hybridized carbons (Fsp3) is 0.500. The molecule has 0 atom stereocenters. The van der Waals surface area contributed by atoms with E-state index in [4.69, 9.17) is 5.11 Å². The molecule has 0 amide bonds. The number of rotatable bonds is 5. The summed E-state index contributed by atoms with van der Waals surface area (Å²) in [5.41, 5.74) is 0.365. The van der Waals surface area contributed by atoms with Crippen LogP contribution in [0.1, 0.15) is 16.9 Å². The lowest BCUT2D eigenvalue weighted by Gasteiger charge is -2.10. The molecule has 0 radical (unpaired) electrons. The van der Waals surface area contributed by atoms with Gasteiger partial charge in [-0.05, 0) is 39.2 Å². The van der Waals surface area contributed by atoms with Crippen LogP contribution in [0.5, 0.6) is 0 Å². The first-order valence-electron chi connectivity index (χ1n) is 4.64. The van der Waals surface area contributed by atoms with Crippen molar-refractivity contribution in [3.63, 3.8) is 0 Å². The number of aromatic carboxylic acids is 1. The predicted octanol–water partition coefficient (Wildman–Crippen LogP) is 1.14. The van der Waals surface area contributed by atoms with Gasteiger partial charge in [0.15, 0.2) is 0 Å². The maximum absolute atomic E-state index is 10.7. The Morgan fingerprint density at radius 3 is 2.86 bits per heavy atom. The van der Waals surface area contributed by atoms with Crippen LogP contribution in [0.2, 0.25) is 0 Å². The van der Waals surface area contributed by atoms with Crippen LogP contribution in [-0.4, -0.2) is 41.2 Å². The quantitative estimate of drug-likeness (QED) is 0.768. The summed E-state index contributed by atoms with van der Waals surface area (Å²) >= 11 is 0. The molecule has 1 heterocycles. The predicted molar refractivity (Wildman–Crippen MR) is 54.6 cm³/mol. The van der Waals surface area contributed by atoms with Gasteiger partial charge in [0.2, 0.25) is 0 Å². The van der Waals surface area contributed by atoms with E-state index in [0.717, 1.165) is 19.5 Å². The van der Waals surface area contributed by atoms with Gasteiger partial charge >= 0.3 is 5.97 Å². The Labute approximate surface area is 83.8 Å². The third-order valence-corrected chi connectivity index (χ3v) is 2.05. The highest BCUT2D eigenvalue weighted by atomic mass is 16.4. The summed E-state index contributed by atoms with van der Waals surface area (Å²) < 4.78 is 1.77. The first kappa shape index (κ1) is 10.8. The number of hydrogen-bond acceptors (Lipinski definition) is 2. The molecule has 0 aliphatic carbocycles. The van der Waals surface area contributed by atoms with Crippen molar-refractivity contribution in [3.05, 3.63) is 24.0 Å². The van der Waals surface area contributed by atoms with E-state index in [1.54, 1.807) is 22.9 Å². The molecular formula is C10H16N2O2. The van der Waals surface area contributed by atoms with Gasteiger partial charge in [-0.2, -0.15) is 0 Å². The van der Waals surface area contributed by atoms with Crippen molar-refractivity contribution in [2.75, 3.05) is 20.6 Å². The molecular weight excluding hydrogens is 180 g/mol. The molecule has 0 fully saturated rings. The first-order valence-corrected chi connectivity index (χ1v) is 4.64. The van der Waals surface area contributed by atoms with Crippen molar-refractivity contribution >= 4 is 5.97 Å². The highest BCUT2D eigenvalue weighted by Crippen LogP contribution is 2.03. The van der Waals surface area contributed by atoms with Crippen LogP contribution in [0, 0.1) is 0 Å². The zero-order valence-corrected chi connectivity index (χ0v) is 8.60. The number of aromatic nitrogens is 1. The summed E-state index contributed by atoms with van der Waals surface area (Å²) in [6.07, 6.45) is 2.76. The Morgan fingerprint density at radius 1 is 1.57 bits per heavy atom. The lowest BCUT2D eigenvalue weighted by Crippen LogP contribution is -2.16. The van der Waals surface area contributed by atoms with Gasteiger partial charge in [0.05, 0.1) is 0 Å². The summed E-state index contributed by atoms with van der Waals surface area (Å²) in [6.45, 7) is 1.73. The number of hydrogen-bond donors (Lipinski definition) is 1. The molecule has 1 rings (SSSR count). The summed E-state index contributed by atoms with van der Waals surface area (Å²) in [5, 5.41) is 8.83. The van der Waals surface area contributed by atoms with Gasteiger partial charge in [0.25, 0.3) is 0 Å². The van der Waals surface area contributed by atoms with Crippen LogP contribution in [-0.2, 0) is 6.54 Å². The average Bonchev–Trinajstić information content (AvgIpc) is 2.51. The van der Waals surface area contributed by atoms with E-state index in [2.05, 4.69) is 4.90 Å². The largest absolute Gasteiger partial charge is 0.477 e. The monoisotopic (exact) mass is 196 g/mol. The molecule has 0 spiro atoms. The van der Waals surface area contributed by atoms with E-state index in [1.807, 2.05) is 14.1 Å². The van der Waals surface area contributed by atoms with Gasteiger partial charge in [-0.25, -0.2) is 4.79 Å². The first-order chi connectivity index (χ1) is 6.61. The zero-order chi connectivity index (χ0) is 10.6. The summed E-state index contributed by atoms with van der Waals surface area (Å²) in [6, 6.07) is 3.39. The summed E-state index contributed by atoms with van der Waals surface area (Å²) in [7, 11) is 4.02. The van der Waals surface area contributed by atoms with Crippen molar-refractivity contribution in [1.82, 2.24) is 9.47 Å². The van der Waals surface area contributed by atoms with Gasteiger partial charge in [-0.1, -0.05) is 0 Å². The Morgan fingerprint density at radius 2 is 2.29 bits per heavy atom. The van der Waals surface area contributed by atoms with Crippen LogP contribution in [0.4, 0.5) is 0 Å². The number of carboxylic acids is 1. The number of carboxylic acid groups (broad SMARTS) is 1. The van der Waals surface area contributed by atoms with Crippen LogP contribution in [0.25, 0.3) is 0 Å². The second-order valence-corrected chi connectivity index (χ2v) is 3.55. The van der Waals surface area contributed by atoms with Gasteiger partial charge in [-0.15, -0.1) is 0 Å². The normalized spacial score (nSPS) is 10.8. The number of aryl methyl sites for hydroxylation is 1. The molecule has 14 heavy (non-hydrogen) atoms. The van der Waals surface area contributed by atoms with Crippen molar-refractivity contribution in [1.29, 1.82) is 0 Å². The number of carbonyl (C=O) groups is 1. The van der Waals surface area contributed by atoms with Crippen molar-refractivity contribution < 1.29 is 9.90 Å². The van der Waals surface area contributed by atoms with Crippen LogP contribution < -0.4 is 0 Å². The minimum Gasteiger partial charge on any atom is -0.477 e. The average molecular weight is 196 g/mol. The van der Waals surface area contributed by atoms with E-state index in [9.17, 15) is 4.79 Å². The molecule has 4 heteroatoms. The minimum absolute atomic E-state index is 0.365. The topological polar surface area (TPSA) is 45.5 Å². The lowest BCUT2D eigenvalue weighted by atomic mass is 10.3. The Balaban J connectivity index is 2.50. The van der Waals surface area contributed by atoms with Crippen molar-refractivity contribution in [2.45, 2.75) is 13.0 Å². The van der Waals surface area contributed by atoms with Gasteiger partial charge in [0, 0.05) is 12.7 Å². The Hall–Kier alpha value is -1.29. The van der Waals surface area contributed by atoms with E-state index in [-0.39, 0.29) is 0 Å². The fourth-order valence-electron chi connectivity index (χ4n) is 1.36. The SMILES string of the molecule is CN(C)CCCn1cccc1C(=O)O. The van der Waals surface area contributed by atoms with Gasteiger partial charge in [-0.3, -0.25) is 0 Å². The number of nitrogens with zero attached hydrogens (tertiary/aromatic N) is 2. The van der Waals surface area contributed by atoms with Crippen LogP contribution >= 0.6 is 0 Å². The maximum atomic E-state index is 10.7. The molecule has 1 aromatic rings. The fourth-order valence-corrected chi connectivity index (χ4v) is 1.36. The van der Waals surface area contributed by atoms with Crippen LogP contribution in [0.3, 0.4) is 0 Å². The van der Waals surface area contributed by atoms with E-state index in [1.165, 1.54) is 0 Å². The van der Waals surface area contributed by atoms with Crippen LogP contribution in [0.15, 0.2) is 18.3 Å². The molecule has 4 nitrogen and oxygen atoms in total. The molecule has 0 aliphatic heterocycles. The lowest BCUT2D eigenvalue weighted by molar-refractivity contribution is 0.0685. The third kappa shape index (κ3) is 2.88. The Bertz CT molecular complexity index is 305. The molecule has 0 saturated heterocycles. The van der Waals surface area contributed by atoms with E-state index in [0.29, 0.717) is 5.69 Å².